The van der Waals surface area contributed by atoms with Gasteiger partial charge < -0.3 is 0 Å². The van der Waals surface area contributed by atoms with Crippen LogP contribution in [0.1, 0.15) is 48.4 Å². The van der Waals surface area contributed by atoms with Crippen molar-refractivity contribution in [1.29, 1.82) is 0 Å². The van der Waals surface area contributed by atoms with Crippen LogP contribution >= 0.6 is 11.6 Å². The van der Waals surface area contributed by atoms with E-state index in [1.807, 2.05) is 32.9 Å². The maximum absolute atomic E-state index is 11.9. The number of amides is 1. The molecule has 0 spiro atoms. The van der Waals surface area contributed by atoms with Gasteiger partial charge in [-0.15, -0.1) is 0 Å². The van der Waals surface area contributed by atoms with Crippen molar-refractivity contribution in [2.45, 2.75) is 26.7 Å². The van der Waals surface area contributed by atoms with Gasteiger partial charge in [0.05, 0.1) is 5.71 Å². The zero-order valence-corrected chi connectivity index (χ0v) is 12.9. The number of hydrogen-bond acceptors (Lipinski definition) is 3. The molecule has 0 saturated heterocycles. The van der Waals surface area contributed by atoms with Crippen LogP contribution in [-0.2, 0) is 0 Å². The van der Waals surface area contributed by atoms with Crippen LogP contribution in [0.2, 0.25) is 5.02 Å². The van der Waals surface area contributed by atoms with Gasteiger partial charge in [-0.1, -0.05) is 37.6 Å². The number of nitrogens with one attached hydrogen (secondary N) is 2. The van der Waals surface area contributed by atoms with Crippen molar-refractivity contribution < 1.29 is 4.79 Å². The normalized spacial score (nSPS) is 11.8. The van der Waals surface area contributed by atoms with E-state index in [2.05, 4.69) is 20.7 Å². The SMILES string of the molecule is C/C(=N\NC(=O)c1cc(C(C)C)[nH]n1)c1ccc(Cl)cc1. The summed E-state index contributed by atoms with van der Waals surface area (Å²) in [5.74, 6) is -0.0511. The van der Waals surface area contributed by atoms with Crippen molar-refractivity contribution in [3.05, 3.63) is 52.3 Å². The number of carbonyl (C=O) groups excluding carboxylic acids is 1. The topological polar surface area (TPSA) is 70.1 Å². The third-order valence-electron chi connectivity index (χ3n) is 3.04. The molecule has 0 aliphatic carbocycles. The number of halogens is 1. The van der Waals surface area contributed by atoms with E-state index < -0.39 is 0 Å². The fourth-order valence-electron chi connectivity index (χ4n) is 1.70. The summed E-state index contributed by atoms with van der Waals surface area (Å²) in [6, 6.07) is 8.98. The maximum atomic E-state index is 11.9. The van der Waals surface area contributed by atoms with Gasteiger partial charge in [0, 0.05) is 10.7 Å². The third-order valence-corrected chi connectivity index (χ3v) is 3.29. The molecule has 0 fully saturated rings. The molecule has 1 aromatic carbocycles. The minimum Gasteiger partial charge on any atom is -0.282 e. The first-order chi connectivity index (χ1) is 9.97. The second-order valence-corrected chi connectivity index (χ2v) is 5.44. The van der Waals surface area contributed by atoms with Crippen LogP contribution in [0.15, 0.2) is 35.4 Å². The standard InChI is InChI=1S/C15H17ClN4O/c1-9(2)13-8-14(19-18-13)15(21)20-17-10(3)11-4-6-12(16)7-5-11/h4-9H,1-3H3,(H,18,19)(H,20,21)/b17-10+. The lowest BCUT2D eigenvalue weighted by atomic mass is 10.1. The van der Waals surface area contributed by atoms with Gasteiger partial charge in [-0.3, -0.25) is 9.89 Å². The number of carbonyl (C=O) groups is 1. The molecule has 0 atom stereocenters. The number of nitrogens with zero attached hydrogens (tertiary/aromatic N) is 2. The molecule has 1 heterocycles. The van der Waals surface area contributed by atoms with E-state index in [-0.39, 0.29) is 5.91 Å². The summed E-state index contributed by atoms with van der Waals surface area (Å²) in [7, 11) is 0. The molecule has 2 N–H and O–H groups in total. The lowest BCUT2D eigenvalue weighted by Crippen LogP contribution is -2.19. The monoisotopic (exact) mass is 304 g/mol. The van der Waals surface area contributed by atoms with Crippen LogP contribution in [-0.4, -0.2) is 21.8 Å². The third kappa shape index (κ3) is 3.92. The molecule has 0 bridgehead atoms. The average Bonchev–Trinajstić information content (AvgIpc) is 2.95. The molecular weight excluding hydrogens is 288 g/mol. The van der Waals surface area contributed by atoms with Gasteiger partial charge in [0.2, 0.25) is 0 Å². The molecule has 0 unspecified atom stereocenters. The first kappa shape index (κ1) is 15.3. The number of aromatic amines is 1. The molecule has 0 radical (unpaired) electrons. The highest BCUT2D eigenvalue weighted by atomic mass is 35.5. The zero-order chi connectivity index (χ0) is 15.4. The highest BCUT2D eigenvalue weighted by Crippen LogP contribution is 2.12. The minimum atomic E-state index is -0.341. The first-order valence-corrected chi connectivity index (χ1v) is 7.01. The molecule has 5 nitrogen and oxygen atoms in total. The average molecular weight is 305 g/mol. The lowest BCUT2D eigenvalue weighted by Gasteiger charge is -2.01. The highest BCUT2D eigenvalue weighted by Gasteiger charge is 2.11. The second-order valence-electron chi connectivity index (χ2n) is 5.01. The number of aromatic nitrogens is 2. The number of rotatable bonds is 4. The van der Waals surface area contributed by atoms with Gasteiger partial charge in [-0.25, -0.2) is 5.43 Å². The smallest absolute Gasteiger partial charge is 0.282 e. The maximum Gasteiger partial charge on any atom is 0.291 e. The van der Waals surface area contributed by atoms with E-state index in [1.165, 1.54) is 0 Å². The summed E-state index contributed by atoms with van der Waals surface area (Å²) < 4.78 is 0. The number of H-pyrrole nitrogens is 1. The van der Waals surface area contributed by atoms with E-state index in [0.29, 0.717) is 22.3 Å². The highest BCUT2D eigenvalue weighted by molar-refractivity contribution is 6.30. The Kier molecular flexibility index (Phi) is 4.75. The van der Waals surface area contributed by atoms with Crippen molar-refractivity contribution in [3.8, 4) is 0 Å². The Balaban J connectivity index is 2.05. The predicted molar refractivity (Wildman–Crippen MR) is 83.8 cm³/mol. The molecule has 0 aliphatic rings. The van der Waals surface area contributed by atoms with Crippen LogP contribution in [0.3, 0.4) is 0 Å². The van der Waals surface area contributed by atoms with Gasteiger partial charge in [0.1, 0.15) is 0 Å². The van der Waals surface area contributed by atoms with Crippen LogP contribution in [0.5, 0.6) is 0 Å². The second kappa shape index (κ2) is 6.54. The van der Waals surface area contributed by atoms with Crippen molar-refractivity contribution in [3.63, 3.8) is 0 Å². The van der Waals surface area contributed by atoms with Crippen LogP contribution < -0.4 is 5.43 Å². The zero-order valence-electron chi connectivity index (χ0n) is 12.1. The summed E-state index contributed by atoms with van der Waals surface area (Å²) in [5, 5.41) is 11.5. The van der Waals surface area contributed by atoms with Crippen molar-refractivity contribution in [2.24, 2.45) is 5.10 Å². The lowest BCUT2D eigenvalue weighted by molar-refractivity contribution is 0.0950. The number of hydrazone groups is 1. The number of benzene rings is 1. The summed E-state index contributed by atoms with van der Waals surface area (Å²) >= 11 is 5.83. The minimum absolute atomic E-state index is 0.290. The Labute approximate surface area is 128 Å². The molecule has 110 valence electrons. The van der Waals surface area contributed by atoms with Crippen molar-refractivity contribution >= 4 is 23.2 Å². The van der Waals surface area contributed by atoms with E-state index >= 15 is 0 Å². The largest absolute Gasteiger partial charge is 0.291 e. The summed E-state index contributed by atoms with van der Waals surface area (Å²) in [6.45, 7) is 5.86. The van der Waals surface area contributed by atoms with E-state index in [1.54, 1.807) is 18.2 Å². The van der Waals surface area contributed by atoms with Gasteiger partial charge in [0.25, 0.3) is 5.91 Å². The molecule has 2 rings (SSSR count). The fraction of sp³-hybridized carbons (Fsp3) is 0.267. The van der Waals surface area contributed by atoms with Crippen molar-refractivity contribution in [2.75, 3.05) is 0 Å². The molecule has 1 aromatic heterocycles. The molecule has 0 saturated carbocycles. The fourth-order valence-corrected chi connectivity index (χ4v) is 1.82. The predicted octanol–water partition coefficient (Wildman–Crippen LogP) is 3.34. The van der Waals surface area contributed by atoms with Crippen molar-refractivity contribution in [1.82, 2.24) is 15.6 Å². The van der Waals surface area contributed by atoms with Crippen LogP contribution in [0.4, 0.5) is 0 Å². The molecule has 2 aromatic rings. The Hall–Kier alpha value is -2.14. The Morgan fingerprint density at radius 1 is 1.33 bits per heavy atom. The summed E-state index contributed by atoms with van der Waals surface area (Å²) in [5.41, 5.74) is 5.33. The quantitative estimate of drug-likeness (QED) is 0.672. The molecule has 1 amide bonds. The molecule has 21 heavy (non-hydrogen) atoms. The summed E-state index contributed by atoms with van der Waals surface area (Å²) in [6.07, 6.45) is 0. The van der Waals surface area contributed by atoms with Gasteiger partial charge in [-0.05, 0) is 36.6 Å². The Bertz CT molecular complexity index is 659. The molecule has 0 aliphatic heterocycles. The molecular formula is C15H17ClN4O. The Morgan fingerprint density at radius 2 is 2.00 bits per heavy atom. The first-order valence-electron chi connectivity index (χ1n) is 6.63. The van der Waals surface area contributed by atoms with Crippen LogP contribution in [0, 0.1) is 0 Å². The molecule has 6 heteroatoms. The van der Waals surface area contributed by atoms with Crippen LogP contribution in [0.25, 0.3) is 0 Å². The van der Waals surface area contributed by atoms with E-state index in [0.717, 1.165) is 11.3 Å². The Morgan fingerprint density at radius 3 is 2.57 bits per heavy atom. The number of hydrogen-bond donors (Lipinski definition) is 2. The van der Waals surface area contributed by atoms with E-state index in [9.17, 15) is 4.79 Å². The summed E-state index contributed by atoms with van der Waals surface area (Å²) in [4.78, 5) is 11.9. The van der Waals surface area contributed by atoms with E-state index in [4.69, 9.17) is 11.6 Å². The van der Waals surface area contributed by atoms with Gasteiger partial charge >= 0.3 is 0 Å². The van der Waals surface area contributed by atoms with Gasteiger partial charge in [-0.2, -0.15) is 10.2 Å². The van der Waals surface area contributed by atoms with Gasteiger partial charge in [0.15, 0.2) is 5.69 Å².